The number of anilines is 1. The van der Waals surface area contributed by atoms with Gasteiger partial charge >= 0.3 is 5.97 Å². The van der Waals surface area contributed by atoms with Crippen LogP contribution in [0.15, 0.2) is 18.2 Å². The van der Waals surface area contributed by atoms with E-state index in [1.807, 2.05) is 12.1 Å². The number of hydrogen-bond acceptors (Lipinski definition) is 4. The first-order chi connectivity index (χ1) is 9.51. The van der Waals surface area contributed by atoms with E-state index < -0.39 is 0 Å². The standard InChI is InChI=1S/C15H20N2O3/c1-10(18)17-6-5-12-7-11(3-4-14(12)17)8-13(16)9-15(19)20-2/h3-4,7,13H,5-6,8-9,16H2,1-2H3. The van der Waals surface area contributed by atoms with Crippen molar-refractivity contribution >= 4 is 17.6 Å². The third-order valence-corrected chi connectivity index (χ3v) is 3.57. The summed E-state index contributed by atoms with van der Waals surface area (Å²) in [6, 6.07) is 5.77. The van der Waals surface area contributed by atoms with Crippen LogP contribution in [0.3, 0.4) is 0 Å². The maximum Gasteiger partial charge on any atom is 0.307 e. The second-order valence-electron chi connectivity index (χ2n) is 5.13. The molecule has 1 aromatic rings. The first-order valence-corrected chi connectivity index (χ1v) is 6.73. The number of rotatable bonds is 4. The highest BCUT2D eigenvalue weighted by Gasteiger charge is 2.22. The van der Waals surface area contributed by atoms with Gasteiger partial charge in [-0.15, -0.1) is 0 Å². The van der Waals surface area contributed by atoms with Crippen LogP contribution in [-0.2, 0) is 27.2 Å². The minimum atomic E-state index is -0.290. The summed E-state index contributed by atoms with van der Waals surface area (Å²) in [5, 5.41) is 0. The van der Waals surface area contributed by atoms with Crippen LogP contribution in [-0.4, -0.2) is 31.6 Å². The summed E-state index contributed by atoms with van der Waals surface area (Å²) in [7, 11) is 1.36. The molecule has 0 saturated heterocycles. The molecule has 1 aliphatic rings. The number of hydrogen-bond donors (Lipinski definition) is 1. The Morgan fingerprint density at radius 3 is 2.85 bits per heavy atom. The Morgan fingerprint density at radius 1 is 1.45 bits per heavy atom. The SMILES string of the molecule is COC(=O)CC(N)Cc1ccc2c(c1)CCN2C(C)=O. The Bertz CT molecular complexity index is 528. The van der Waals surface area contributed by atoms with Crippen LogP contribution < -0.4 is 10.6 Å². The topological polar surface area (TPSA) is 72.6 Å². The van der Waals surface area contributed by atoms with Gasteiger partial charge in [0.2, 0.25) is 5.91 Å². The Hall–Kier alpha value is -1.88. The van der Waals surface area contributed by atoms with Gasteiger partial charge in [-0.05, 0) is 30.0 Å². The summed E-state index contributed by atoms with van der Waals surface area (Å²) in [5.41, 5.74) is 9.18. The highest BCUT2D eigenvalue weighted by Crippen LogP contribution is 2.29. The van der Waals surface area contributed by atoms with E-state index in [0.29, 0.717) is 6.42 Å². The Kier molecular flexibility index (Phi) is 4.39. The lowest BCUT2D eigenvalue weighted by atomic mass is 10.0. The van der Waals surface area contributed by atoms with Crippen LogP contribution >= 0.6 is 0 Å². The molecule has 5 nitrogen and oxygen atoms in total. The van der Waals surface area contributed by atoms with Crippen molar-refractivity contribution in [1.82, 2.24) is 0 Å². The third-order valence-electron chi connectivity index (χ3n) is 3.57. The van der Waals surface area contributed by atoms with Crippen LogP contribution in [0.5, 0.6) is 0 Å². The molecule has 1 unspecified atom stereocenters. The number of ether oxygens (including phenoxy) is 1. The summed E-state index contributed by atoms with van der Waals surface area (Å²) in [4.78, 5) is 24.4. The van der Waals surface area contributed by atoms with Crippen LogP contribution in [0.2, 0.25) is 0 Å². The number of carbonyl (C=O) groups excluding carboxylic acids is 2. The second-order valence-corrected chi connectivity index (χ2v) is 5.13. The highest BCUT2D eigenvalue weighted by atomic mass is 16.5. The van der Waals surface area contributed by atoms with E-state index in [4.69, 9.17) is 5.73 Å². The normalized spacial score (nSPS) is 14.8. The monoisotopic (exact) mass is 276 g/mol. The van der Waals surface area contributed by atoms with Crippen molar-refractivity contribution in [3.63, 3.8) is 0 Å². The largest absolute Gasteiger partial charge is 0.469 e. The van der Waals surface area contributed by atoms with Gasteiger partial charge in [0.15, 0.2) is 0 Å². The Balaban J connectivity index is 2.05. The number of methoxy groups -OCH3 is 1. The van der Waals surface area contributed by atoms with Crippen molar-refractivity contribution in [2.75, 3.05) is 18.6 Å². The number of carbonyl (C=O) groups is 2. The van der Waals surface area contributed by atoms with Crippen molar-refractivity contribution in [3.05, 3.63) is 29.3 Å². The lowest BCUT2D eigenvalue weighted by Crippen LogP contribution is -2.27. The first-order valence-electron chi connectivity index (χ1n) is 6.73. The second kappa shape index (κ2) is 6.05. The van der Waals surface area contributed by atoms with E-state index in [1.165, 1.54) is 12.7 Å². The Labute approximate surface area is 118 Å². The molecule has 108 valence electrons. The molecule has 0 aliphatic carbocycles. The van der Waals surface area contributed by atoms with Gasteiger partial charge < -0.3 is 15.4 Å². The third kappa shape index (κ3) is 3.17. The van der Waals surface area contributed by atoms with Crippen molar-refractivity contribution in [3.8, 4) is 0 Å². The van der Waals surface area contributed by atoms with E-state index >= 15 is 0 Å². The molecule has 1 atom stereocenters. The molecular weight excluding hydrogens is 256 g/mol. The molecule has 0 spiro atoms. The van der Waals surface area contributed by atoms with E-state index in [-0.39, 0.29) is 24.3 Å². The zero-order valence-electron chi connectivity index (χ0n) is 11.9. The van der Waals surface area contributed by atoms with E-state index in [2.05, 4.69) is 10.8 Å². The van der Waals surface area contributed by atoms with Gasteiger partial charge in [-0.3, -0.25) is 9.59 Å². The average molecular weight is 276 g/mol. The zero-order valence-corrected chi connectivity index (χ0v) is 11.9. The molecule has 0 bridgehead atoms. The number of esters is 1. The molecule has 1 aromatic carbocycles. The minimum Gasteiger partial charge on any atom is -0.469 e. The van der Waals surface area contributed by atoms with Gasteiger partial charge in [-0.2, -0.15) is 0 Å². The van der Waals surface area contributed by atoms with E-state index in [9.17, 15) is 9.59 Å². The maximum atomic E-state index is 11.5. The fourth-order valence-corrected chi connectivity index (χ4v) is 2.58. The smallest absolute Gasteiger partial charge is 0.307 e. The summed E-state index contributed by atoms with van der Waals surface area (Å²) in [5.74, 6) is -0.222. The predicted octanol–water partition coefficient (Wildman–Crippen LogP) is 1.03. The molecule has 2 rings (SSSR count). The van der Waals surface area contributed by atoms with Crippen LogP contribution in [0, 0.1) is 0 Å². The van der Waals surface area contributed by atoms with Crippen molar-refractivity contribution in [1.29, 1.82) is 0 Å². The maximum absolute atomic E-state index is 11.5. The zero-order chi connectivity index (χ0) is 14.7. The fourth-order valence-electron chi connectivity index (χ4n) is 2.58. The van der Waals surface area contributed by atoms with Gasteiger partial charge in [0, 0.05) is 25.2 Å². The van der Waals surface area contributed by atoms with Crippen molar-refractivity contribution < 1.29 is 14.3 Å². The summed E-state index contributed by atoms with van der Waals surface area (Å²) >= 11 is 0. The number of nitrogens with zero attached hydrogens (tertiary/aromatic N) is 1. The molecule has 1 heterocycles. The van der Waals surface area contributed by atoms with E-state index in [1.54, 1.807) is 11.8 Å². The number of nitrogens with two attached hydrogens (primary N) is 1. The summed E-state index contributed by atoms with van der Waals surface area (Å²) in [6.45, 7) is 2.32. The lowest BCUT2D eigenvalue weighted by molar-refractivity contribution is -0.141. The number of benzene rings is 1. The quantitative estimate of drug-likeness (QED) is 0.834. The van der Waals surface area contributed by atoms with E-state index in [0.717, 1.165) is 24.2 Å². The van der Waals surface area contributed by atoms with Gasteiger partial charge in [-0.25, -0.2) is 0 Å². The summed E-state index contributed by atoms with van der Waals surface area (Å²) in [6.07, 6.45) is 1.71. The highest BCUT2D eigenvalue weighted by molar-refractivity contribution is 5.93. The van der Waals surface area contributed by atoms with Gasteiger partial charge in [0.05, 0.1) is 13.5 Å². The molecule has 1 amide bonds. The molecule has 0 saturated carbocycles. The van der Waals surface area contributed by atoms with Gasteiger partial charge in [0.25, 0.3) is 0 Å². The van der Waals surface area contributed by atoms with Gasteiger partial charge in [-0.1, -0.05) is 12.1 Å². The Morgan fingerprint density at radius 2 is 2.20 bits per heavy atom. The molecule has 1 aliphatic heterocycles. The minimum absolute atomic E-state index is 0.0684. The molecule has 0 aromatic heterocycles. The molecule has 20 heavy (non-hydrogen) atoms. The molecule has 2 N–H and O–H groups in total. The predicted molar refractivity (Wildman–Crippen MR) is 76.5 cm³/mol. The first kappa shape index (κ1) is 14.5. The number of fused-ring (bicyclic) bond motifs is 1. The molecule has 5 heteroatoms. The summed E-state index contributed by atoms with van der Waals surface area (Å²) < 4.78 is 4.61. The van der Waals surface area contributed by atoms with Gasteiger partial charge in [0.1, 0.15) is 0 Å². The lowest BCUT2D eigenvalue weighted by Gasteiger charge is -2.15. The molecule has 0 fully saturated rings. The molecule has 0 radical (unpaired) electrons. The van der Waals surface area contributed by atoms with Crippen molar-refractivity contribution in [2.24, 2.45) is 5.73 Å². The van der Waals surface area contributed by atoms with Crippen molar-refractivity contribution in [2.45, 2.75) is 32.2 Å². The fraction of sp³-hybridized carbons (Fsp3) is 0.467. The van der Waals surface area contributed by atoms with Crippen LogP contribution in [0.1, 0.15) is 24.5 Å². The average Bonchev–Trinajstić information content (AvgIpc) is 2.81. The van der Waals surface area contributed by atoms with Crippen LogP contribution in [0.25, 0.3) is 0 Å². The number of amides is 1. The van der Waals surface area contributed by atoms with Crippen LogP contribution in [0.4, 0.5) is 5.69 Å². The molecular formula is C15H20N2O3.